The highest BCUT2D eigenvalue weighted by Gasteiger charge is 2.26. The number of nitrogens with zero attached hydrogens (tertiary/aromatic N) is 2. The fourth-order valence-electron chi connectivity index (χ4n) is 3.31. The van der Waals surface area contributed by atoms with Crippen LogP contribution in [0.5, 0.6) is 0 Å². The minimum Gasteiger partial charge on any atom is -0.392 e. The van der Waals surface area contributed by atoms with Crippen molar-refractivity contribution >= 4 is 0 Å². The highest BCUT2D eigenvalue weighted by molar-refractivity contribution is 5.33. The van der Waals surface area contributed by atoms with Crippen LogP contribution in [0, 0.1) is 0 Å². The van der Waals surface area contributed by atoms with Crippen LogP contribution in [0.3, 0.4) is 0 Å². The third kappa shape index (κ3) is 2.78. The molecule has 0 amide bonds. The second-order valence-electron chi connectivity index (χ2n) is 5.83. The number of rotatable bonds is 4. The van der Waals surface area contributed by atoms with Gasteiger partial charge in [-0.25, -0.2) is 0 Å². The number of hydrogen-bond donors (Lipinski definition) is 1. The molecule has 1 aromatic carbocycles. The lowest BCUT2D eigenvalue weighted by Crippen LogP contribution is -2.23. The van der Waals surface area contributed by atoms with Crippen LogP contribution < -0.4 is 0 Å². The maximum atomic E-state index is 10.6. The molecule has 0 saturated heterocycles. The highest BCUT2D eigenvalue weighted by Crippen LogP contribution is 2.35. The lowest BCUT2D eigenvalue weighted by molar-refractivity contribution is 0.125. The Bertz CT molecular complexity index is 576. The van der Waals surface area contributed by atoms with E-state index in [1.54, 1.807) is 0 Å². The fourth-order valence-corrected chi connectivity index (χ4v) is 3.31. The predicted octanol–water partition coefficient (Wildman–Crippen LogP) is 2.83. The average Bonchev–Trinajstić information content (AvgIpc) is 2.90. The van der Waals surface area contributed by atoms with E-state index in [0.717, 1.165) is 25.7 Å². The van der Waals surface area contributed by atoms with Gasteiger partial charge in [0, 0.05) is 19.2 Å². The summed E-state index contributed by atoms with van der Waals surface area (Å²) in [5.74, 6) is 0.302. The van der Waals surface area contributed by atoms with Crippen molar-refractivity contribution in [3.05, 3.63) is 53.3 Å². The summed E-state index contributed by atoms with van der Waals surface area (Å²) in [4.78, 5) is 0. The molecule has 1 aliphatic rings. The molecule has 0 fully saturated rings. The lowest BCUT2D eigenvalue weighted by atomic mass is 9.78. The molecule has 1 aromatic heterocycles. The number of aliphatic hydroxyl groups excluding tert-OH is 1. The van der Waals surface area contributed by atoms with Gasteiger partial charge in [0.25, 0.3) is 0 Å². The van der Waals surface area contributed by atoms with Crippen LogP contribution in [-0.2, 0) is 19.9 Å². The van der Waals surface area contributed by atoms with Gasteiger partial charge in [-0.3, -0.25) is 4.68 Å². The van der Waals surface area contributed by atoms with E-state index in [2.05, 4.69) is 29.4 Å². The van der Waals surface area contributed by atoms with Crippen molar-refractivity contribution in [2.75, 3.05) is 0 Å². The van der Waals surface area contributed by atoms with E-state index in [4.69, 9.17) is 0 Å². The first-order chi connectivity index (χ1) is 9.74. The molecule has 1 aliphatic carbocycles. The van der Waals surface area contributed by atoms with Gasteiger partial charge in [-0.05, 0) is 48.8 Å². The predicted molar refractivity (Wildman–Crippen MR) is 79.7 cm³/mol. The normalized spacial score (nSPS) is 19.6. The molecule has 3 heteroatoms. The number of benzene rings is 1. The van der Waals surface area contributed by atoms with Crippen LogP contribution in [0.15, 0.2) is 36.7 Å². The number of aromatic nitrogens is 2. The molecule has 0 saturated carbocycles. The Labute approximate surface area is 120 Å². The summed E-state index contributed by atoms with van der Waals surface area (Å²) in [5.41, 5.74) is 3.98. The molecular formula is C17H22N2O. The van der Waals surface area contributed by atoms with Crippen molar-refractivity contribution in [3.8, 4) is 0 Å². The zero-order chi connectivity index (χ0) is 13.9. The summed E-state index contributed by atoms with van der Waals surface area (Å²) in [6, 6.07) is 8.58. The van der Waals surface area contributed by atoms with Crippen molar-refractivity contribution < 1.29 is 5.11 Å². The molecule has 106 valence electrons. The van der Waals surface area contributed by atoms with Crippen LogP contribution >= 0.6 is 0 Å². The van der Waals surface area contributed by atoms with E-state index < -0.39 is 0 Å². The van der Waals surface area contributed by atoms with Crippen LogP contribution in [0.4, 0.5) is 0 Å². The minimum absolute atomic E-state index is 0.253. The van der Waals surface area contributed by atoms with Gasteiger partial charge in [-0.15, -0.1) is 0 Å². The van der Waals surface area contributed by atoms with Gasteiger partial charge in [-0.2, -0.15) is 5.10 Å². The van der Waals surface area contributed by atoms with E-state index in [0.29, 0.717) is 5.92 Å². The molecule has 1 heterocycles. The smallest absolute Gasteiger partial charge is 0.0612 e. The monoisotopic (exact) mass is 270 g/mol. The van der Waals surface area contributed by atoms with Gasteiger partial charge in [0.2, 0.25) is 0 Å². The van der Waals surface area contributed by atoms with E-state index in [9.17, 15) is 5.11 Å². The van der Waals surface area contributed by atoms with E-state index in [1.807, 2.05) is 24.1 Å². The van der Waals surface area contributed by atoms with E-state index in [1.165, 1.54) is 23.1 Å². The largest absolute Gasteiger partial charge is 0.392 e. The molecular weight excluding hydrogens is 248 g/mol. The third-order valence-electron chi connectivity index (χ3n) is 4.37. The second-order valence-corrected chi connectivity index (χ2v) is 5.83. The van der Waals surface area contributed by atoms with Gasteiger partial charge >= 0.3 is 0 Å². The summed E-state index contributed by atoms with van der Waals surface area (Å²) in [7, 11) is 1.93. The Hall–Kier alpha value is -1.61. The molecule has 3 nitrogen and oxygen atoms in total. The number of fused-ring (bicyclic) bond motifs is 1. The quantitative estimate of drug-likeness (QED) is 0.927. The summed E-state index contributed by atoms with van der Waals surface area (Å²) in [6.07, 6.45) is 8.82. The minimum atomic E-state index is -0.253. The maximum absolute atomic E-state index is 10.6. The Morgan fingerprint density at radius 1 is 1.40 bits per heavy atom. The summed E-state index contributed by atoms with van der Waals surface area (Å²) >= 11 is 0. The third-order valence-corrected chi connectivity index (χ3v) is 4.37. The van der Waals surface area contributed by atoms with Crippen molar-refractivity contribution in [3.63, 3.8) is 0 Å². The maximum Gasteiger partial charge on any atom is 0.0612 e. The molecule has 2 aromatic rings. The van der Waals surface area contributed by atoms with Gasteiger partial charge in [-0.1, -0.05) is 24.3 Å². The summed E-state index contributed by atoms with van der Waals surface area (Å²) < 4.78 is 1.82. The Kier molecular flexibility index (Phi) is 3.88. The molecule has 0 bridgehead atoms. The van der Waals surface area contributed by atoms with Gasteiger partial charge in [0.1, 0.15) is 0 Å². The van der Waals surface area contributed by atoms with E-state index in [-0.39, 0.29) is 6.10 Å². The SMILES string of the molecule is Cn1cc(CCC(O)C2CCCc3ccccc32)cn1. The molecule has 2 unspecified atom stereocenters. The Morgan fingerprint density at radius 2 is 2.25 bits per heavy atom. The molecule has 3 rings (SSSR count). The highest BCUT2D eigenvalue weighted by atomic mass is 16.3. The van der Waals surface area contributed by atoms with Gasteiger partial charge < -0.3 is 5.11 Å². The van der Waals surface area contributed by atoms with Crippen molar-refractivity contribution in [2.24, 2.45) is 7.05 Å². The van der Waals surface area contributed by atoms with Gasteiger partial charge in [0.05, 0.1) is 12.3 Å². The Balaban J connectivity index is 1.67. The zero-order valence-corrected chi connectivity index (χ0v) is 12.0. The summed E-state index contributed by atoms with van der Waals surface area (Å²) in [5, 5.41) is 14.7. The molecule has 0 aliphatic heterocycles. The first kappa shape index (κ1) is 13.4. The number of aryl methyl sites for hydroxylation is 3. The molecule has 0 spiro atoms. The molecule has 20 heavy (non-hydrogen) atoms. The number of aliphatic hydroxyl groups is 1. The molecule has 2 atom stereocenters. The zero-order valence-electron chi connectivity index (χ0n) is 12.0. The lowest BCUT2D eigenvalue weighted by Gasteiger charge is -2.29. The van der Waals surface area contributed by atoms with Crippen LogP contribution in [0.1, 0.15) is 41.9 Å². The fraction of sp³-hybridized carbons (Fsp3) is 0.471. The number of hydrogen-bond acceptors (Lipinski definition) is 2. The first-order valence-electron chi connectivity index (χ1n) is 7.47. The average molecular weight is 270 g/mol. The van der Waals surface area contributed by atoms with Crippen LogP contribution in [0.2, 0.25) is 0 Å². The van der Waals surface area contributed by atoms with E-state index >= 15 is 0 Å². The second kappa shape index (κ2) is 5.80. The summed E-state index contributed by atoms with van der Waals surface area (Å²) in [6.45, 7) is 0. The van der Waals surface area contributed by atoms with Crippen LogP contribution in [-0.4, -0.2) is 21.0 Å². The Morgan fingerprint density at radius 3 is 3.05 bits per heavy atom. The molecule has 0 radical (unpaired) electrons. The topological polar surface area (TPSA) is 38.0 Å². The van der Waals surface area contributed by atoms with Crippen LogP contribution in [0.25, 0.3) is 0 Å². The van der Waals surface area contributed by atoms with Gasteiger partial charge in [0.15, 0.2) is 0 Å². The van der Waals surface area contributed by atoms with Crippen molar-refractivity contribution in [1.82, 2.24) is 9.78 Å². The standard InChI is InChI=1S/C17H22N2O/c1-19-12-13(11-18-19)9-10-17(20)16-8-4-6-14-5-2-3-7-15(14)16/h2-3,5,7,11-12,16-17,20H,4,6,8-10H2,1H3. The molecule has 1 N–H and O–H groups in total. The first-order valence-corrected chi connectivity index (χ1v) is 7.47. The van der Waals surface area contributed by atoms with Crippen molar-refractivity contribution in [1.29, 1.82) is 0 Å². The van der Waals surface area contributed by atoms with Crippen molar-refractivity contribution in [2.45, 2.75) is 44.1 Å².